The third kappa shape index (κ3) is 6.06. The summed E-state index contributed by atoms with van der Waals surface area (Å²) in [6, 6.07) is 5.71. The molecule has 2 heterocycles. The molecule has 1 saturated heterocycles. The van der Waals surface area contributed by atoms with Crippen LogP contribution in [0.4, 0.5) is 0 Å². The molecule has 0 spiro atoms. The Balaban J connectivity index is 1.58. The van der Waals surface area contributed by atoms with E-state index in [-0.39, 0.29) is 12.8 Å². The molecule has 9 heteroatoms. The molecular weight excluding hydrogens is 376 g/mol. The first-order valence-corrected chi connectivity index (χ1v) is 9.96. The predicted molar refractivity (Wildman–Crippen MR) is 107 cm³/mol. The van der Waals surface area contributed by atoms with Gasteiger partial charge in [0.05, 0.1) is 19.3 Å². The number of amides is 2. The smallest absolute Gasteiger partial charge is 0.309 e. The van der Waals surface area contributed by atoms with Gasteiger partial charge in [0.15, 0.2) is 11.5 Å². The van der Waals surface area contributed by atoms with E-state index in [1.165, 1.54) is 0 Å². The van der Waals surface area contributed by atoms with E-state index in [1.54, 1.807) is 0 Å². The molecule has 160 valence electrons. The van der Waals surface area contributed by atoms with Crippen LogP contribution in [-0.2, 0) is 14.3 Å². The van der Waals surface area contributed by atoms with Crippen molar-refractivity contribution < 1.29 is 23.8 Å². The van der Waals surface area contributed by atoms with Gasteiger partial charge in [0.2, 0.25) is 6.79 Å². The Kier molecular flexibility index (Phi) is 7.68. The second kappa shape index (κ2) is 10.4. The van der Waals surface area contributed by atoms with Crippen LogP contribution >= 0.6 is 0 Å². The summed E-state index contributed by atoms with van der Waals surface area (Å²) in [6.07, 6.45) is 0.791. The molecule has 1 fully saturated rings. The summed E-state index contributed by atoms with van der Waals surface area (Å²) in [5.74, 6) is 0.199. The molecule has 0 bridgehead atoms. The fraction of sp³-hybridized carbons (Fsp3) is 0.600. The fourth-order valence-corrected chi connectivity index (χ4v) is 3.41. The topological polar surface area (TPSA) is 92.4 Å². The van der Waals surface area contributed by atoms with Crippen molar-refractivity contribution in [2.75, 3.05) is 66.8 Å². The first-order valence-electron chi connectivity index (χ1n) is 9.96. The normalized spacial score (nSPS) is 17.2. The maximum atomic E-state index is 12.3. The van der Waals surface area contributed by atoms with Crippen LogP contribution in [0.25, 0.3) is 0 Å². The van der Waals surface area contributed by atoms with Gasteiger partial charge in [-0.05, 0) is 44.8 Å². The van der Waals surface area contributed by atoms with Crippen molar-refractivity contribution in [1.82, 2.24) is 20.4 Å². The van der Waals surface area contributed by atoms with Crippen LogP contribution in [-0.4, -0.2) is 88.4 Å². The lowest BCUT2D eigenvalue weighted by Gasteiger charge is -2.34. The highest BCUT2D eigenvalue weighted by Crippen LogP contribution is 2.35. The van der Waals surface area contributed by atoms with Crippen LogP contribution in [0, 0.1) is 0 Å². The van der Waals surface area contributed by atoms with Crippen molar-refractivity contribution in [3.63, 3.8) is 0 Å². The van der Waals surface area contributed by atoms with Gasteiger partial charge in [-0.2, -0.15) is 0 Å². The summed E-state index contributed by atoms with van der Waals surface area (Å²) >= 11 is 0. The third-order valence-corrected chi connectivity index (χ3v) is 5.00. The largest absolute Gasteiger partial charge is 0.454 e. The molecule has 3 rings (SSSR count). The van der Waals surface area contributed by atoms with Crippen LogP contribution in [0.5, 0.6) is 11.5 Å². The van der Waals surface area contributed by atoms with Gasteiger partial charge in [0, 0.05) is 26.2 Å². The summed E-state index contributed by atoms with van der Waals surface area (Å²) in [6.45, 7) is 4.65. The Hall–Kier alpha value is -2.36. The maximum Gasteiger partial charge on any atom is 0.309 e. The highest BCUT2D eigenvalue weighted by Gasteiger charge is 2.26. The monoisotopic (exact) mass is 406 g/mol. The third-order valence-electron chi connectivity index (χ3n) is 5.00. The fourth-order valence-electron chi connectivity index (χ4n) is 3.41. The lowest BCUT2D eigenvalue weighted by molar-refractivity contribution is -0.139. The standard InChI is InChI=1S/C20H30N4O5/c1-23(2)7-3-6-21-19(25)20(26)22-13-16(24-8-10-27-11-9-24)15-4-5-17-18(12-15)29-14-28-17/h4-5,12,16H,3,6-11,13-14H2,1-2H3,(H,21,25)(H,22,26)/t16-/m1/s1. The molecule has 0 saturated carbocycles. The Morgan fingerprint density at radius 3 is 2.59 bits per heavy atom. The van der Waals surface area contributed by atoms with Crippen LogP contribution in [0.3, 0.4) is 0 Å². The van der Waals surface area contributed by atoms with Crippen LogP contribution in [0.2, 0.25) is 0 Å². The van der Waals surface area contributed by atoms with E-state index in [0.717, 1.165) is 37.4 Å². The minimum absolute atomic E-state index is 0.0844. The molecule has 9 nitrogen and oxygen atoms in total. The summed E-state index contributed by atoms with van der Waals surface area (Å²) in [5, 5.41) is 5.45. The first-order chi connectivity index (χ1) is 14.0. The second-order valence-corrected chi connectivity index (χ2v) is 7.40. The van der Waals surface area contributed by atoms with Gasteiger partial charge in [-0.1, -0.05) is 6.07 Å². The molecule has 1 aromatic rings. The molecule has 29 heavy (non-hydrogen) atoms. The first kappa shape index (κ1) is 21.4. The zero-order valence-corrected chi connectivity index (χ0v) is 17.1. The second-order valence-electron chi connectivity index (χ2n) is 7.40. The number of hydrogen-bond donors (Lipinski definition) is 2. The predicted octanol–water partition coefficient (Wildman–Crippen LogP) is -0.0273. The van der Waals surface area contributed by atoms with Gasteiger partial charge in [0.25, 0.3) is 0 Å². The number of carbonyl (C=O) groups excluding carboxylic acids is 2. The molecule has 1 aromatic carbocycles. The number of carbonyl (C=O) groups is 2. The summed E-state index contributed by atoms with van der Waals surface area (Å²) in [4.78, 5) is 28.6. The SMILES string of the molecule is CN(C)CCCNC(=O)C(=O)NC[C@H](c1ccc2c(c1)OCO2)N1CCOCC1. The summed E-state index contributed by atoms with van der Waals surface area (Å²) < 4.78 is 16.3. The average Bonchev–Trinajstić information content (AvgIpc) is 3.19. The van der Waals surface area contributed by atoms with Crippen molar-refractivity contribution in [3.8, 4) is 11.5 Å². The van der Waals surface area contributed by atoms with Crippen LogP contribution < -0.4 is 20.1 Å². The summed E-state index contributed by atoms with van der Waals surface area (Å²) in [7, 11) is 3.94. The van der Waals surface area contributed by atoms with Crippen molar-refractivity contribution in [3.05, 3.63) is 23.8 Å². The number of nitrogens with zero attached hydrogens (tertiary/aromatic N) is 2. The van der Waals surface area contributed by atoms with E-state index < -0.39 is 11.8 Å². The van der Waals surface area contributed by atoms with Crippen molar-refractivity contribution in [2.45, 2.75) is 12.5 Å². The van der Waals surface area contributed by atoms with Gasteiger partial charge in [-0.3, -0.25) is 14.5 Å². The number of nitrogens with one attached hydrogen (secondary N) is 2. The average molecular weight is 406 g/mol. The molecule has 0 aromatic heterocycles. The van der Waals surface area contributed by atoms with E-state index in [4.69, 9.17) is 14.2 Å². The molecule has 2 amide bonds. The molecule has 2 aliphatic rings. The quantitative estimate of drug-likeness (QED) is 0.463. The Bertz CT molecular complexity index is 706. The lowest BCUT2D eigenvalue weighted by Crippen LogP contribution is -2.47. The number of ether oxygens (including phenoxy) is 3. The lowest BCUT2D eigenvalue weighted by atomic mass is 10.0. The molecular formula is C20H30N4O5. The van der Waals surface area contributed by atoms with Crippen molar-refractivity contribution >= 4 is 11.8 Å². The van der Waals surface area contributed by atoms with Gasteiger partial charge < -0.3 is 29.7 Å². The van der Waals surface area contributed by atoms with E-state index in [2.05, 4.69) is 15.5 Å². The molecule has 0 radical (unpaired) electrons. The van der Waals surface area contributed by atoms with Gasteiger partial charge >= 0.3 is 11.8 Å². The molecule has 0 unspecified atom stereocenters. The number of fused-ring (bicyclic) bond motifs is 1. The number of morpholine rings is 1. The zero-order valence-electron chi connectivity index (χ0n) is 17.1. The van der Waals surface area contributed by atoms with Crippen molar-refractivity contribution in [1.29, 1.82) is 0 Å². The Morgan fingerprint density at radius 2 is 1.83 bits per heavy atom. The molecule has 1 atom stereocenters. The van der Waals surface area contributed by atoms with E-state index in [1.807, 2.05) is 37.2 Å². The molecule has 2 aliphatic heterocycles. The molecule has 2 N–H and O–H groups in total. The maximum absolute atomic E-state index is 12.3. The minimum atomic E-state index is -0.617. The Morgan fingerprint density at radius 1 is 1.10 bits per heavy atom. The number of benzene rings is 1. The van der Waals surface area contributed by atoms with E-state index >= 15 is 0 Å². The van der Waals surface area contributed by atoms with Crippen LogP contribution in [0.1, 0.15) is 18.0 Å². The van der Waals surface area contributed by atoms with Gasteiger partial charge in [-0.15, -0.1) is 0 Å². The van der Waals surface area contributed by atoms with Crippen molar-refractivity contribution in [2.24, 2.45) is 0 Å². The molecule has 0 aliphatic carbocycles. The van der Waals surface area contributed by atoms with E-state index in [0.29, 0.717) is 32.1 Å². The number of rotatable bonds is 8. The Labute approximate surface area is 171 Å². The minimum Gasteiger partial charge on any atom is -0.454 e. The van der Waals surface area contributed by atoms with Gasteiger partial charge in [0.1, 0.15) is 0 Å². The van der Waals surface area contributed by atoms with Crippen LogP contribution in [0.15, 0.2) is 18.2 Å². The van der Waals surface area contributed by atoms with E-state index in [9.17, 15) is 9.59 Å². The van der Waals surface area contributed by atoms with Gasteiger partial charge in [-0.25, -0.2) is 0 Å². The highest BCUT2D eigenvalue weighted by atomic mass is 16.7. The zero-order chi connectivity index (χ0) is 20.6. The highest BCUT2D eigenvalue weighted by molar-refractivity contribution is 6.35. The summed E-state index contributed by atoms with van der Waals surface area (Å²) in [5.41, 5.74) is 1.00. The number of hydrogen-bond acceptors (Lipinski definition) is 7.